The summed E-state index contributed by atoms with van der Waals surface area (Å²) in [6.07, 6.45) is 3.82. The summed E-state index contributed by atoms with van der Waals surface area (Å²) in [4.78, 5) is 2.66. The van der Waals surface area contributed by atoms with Crippen molar-refractivity contribution >= 4 is 0 Å². The summed E-state index contributed by atoms with van der Waals surface area (Å²) in [5.74, 6) is 0.906. The number of methoxy groups -OCH3 is 1. The lowest BCUT2D eigenvalue weighted by atomic mass is 9.92. The lowest BCUT2D eigenvalue weighted by Crippen LogP contribution is -2.49. The second-order valence-corrected chi connectivity index (χ2v) is 5.62. The molecule has 0 aromatic carbocycles. The van der Waals surface area contributed by atoms with Crippen molar-refractivity contribution in [3.8, 4) is 0 Å². The molecule has 1 heterocycles. The van der Waals surface area contributed by atoms with E-state index in [1.54, 1.807) is 7.11 Å². The molecule has 1 aliphatic rings. The van der Waals surface area contributed by atoms with Crippen LogP contribution in [-0.2, 0) is 4.74 Å². The number of ether oxygens (including phenoxy) is 1. The minimum absolute atomic E-state index is 0.653. The fourth-order valence-corrected chi connectivity index (χ4v) is 2.85. The standard InChI is InChI=1S/C14H30N2O/c1-12-6-8-16(13(2)10-12)14(3)11-15-7-5-9-17-4/h12-15H,5-11H2,1-4H3. The zero-order valence-electron chi connectivity index (χ0n) is 12.0. The van der Waals surface area contributed by atoms with Crippen LogP contribution in [0.15, 0.2) is 0 Å². The Morgan fingerprint density at radius 1 is 1.41 bits per heavy atom. The van der Waals surface area contributed by atoms with Crippen LogP contribution in [0.2, 0.25) is 0 Å². The minimum Gasteiger partial charge on any atom is -0.385 e. The van der Waals surface area contributed by atoms with Gasteiger partial charge in [0.15, 0.2) is 0 Å². The number of nitrogens with zero attached hydrogens (tertiary/aromatic N) is 1. The highest BCUT2D eigenvalue weighted by molar-refractivity contribution is 4.81. The van der Waals surface area contributed by atoms with Crippen molar-refractivity contribution in [2.45, 2.75) is 52.1 Å². The molecule has 1 rings (SSSR count). The van der Waals surface area contributed by atoms with Gasteiger partial charge in [-0.05, 0) is 52.1 Å². The van der Waals surface area contributed by atoms with Crippen LogP contribution in [-0.4, -0.2) is 50.3 Å². The first-order valence-electron chi connectivity index (χ1n) is 7.10. The molecule has 0 spiro atoms. The molecule has 1 N–H and O–H groups in total. The van der Waals surface area contributed by atoms with Crippen molar-refractivity contribution in [3.63, 3.8) is 0 Å². The summed E-state index contributed by atoms with van der Waals surface area (Å²) < 4.78 is 5.04. The van der Waals surface area contributed by atoms with Gasteiger partial charge in [-0.15, -0.1) is 0 Å². The number of likely N-dealkylation sites (tertiary alicyclic amines) is 1. The number of nitrogens with one attached hydrogen (secondary N) is 1. The van der Waals surface area contributed by atoms with Gasteiger partial charge in [0, 0.05) is 32.3 Å². The Bertz CT molecular complexity index is 199. The van der Waals surface area contributed by atoms with Crippen LogP contribution in [0.25, 0.3) is 0 Å². The van der Waals surface area contributed by atoms with E-state index in [0.717, 1.165) is 38.1 Å². The third-order valence-electron chi connectivity index (χ3n) is 3.90. The van der Waals surface area contributed by atoms with E-state index in [0.29, 0.717) is 6.04 Å². The van der Waals surface area contributed by atoms with Gasteiger partial charge in [-0.2, -0.15) is 0 Å². The third kappa shape index (κ3) is 5.36. The Balaban J connectivity index is 2.16. The van der Waals surface area contributed by atoms with E-state index in [1.165, 1.54) is 19.4 Å². The molecular weight excluding hydrogens is 212 g/mol. The van der Waals surface area contributed by atoms with Crippen molar-refractivity contribution in [1.82, 2.24) is 10.2 Å². The van der Waals surface area contributed by atoms with Crippen LogP contribution in [0.1, 0.15) is 40.0 Å². The smallest absolute Gasteiger partial charge is 0.0474 e. The van der Waals surface area contributed by atoms with E-state index < -0.39 is 0 Å². The predicted molar refractivity (Wildman–Crippen MR) is 73.4 cm³/mol. The second-order valence-electron chi connectivity index (χ2n) is 5.62. The van der Waals surface area contributed by atoms with Crippen molar-refractivity contribution in [1.29, 1.82) is 0 Å². The summed E-state index contributed by atoms with van der Waals surface area (Å²) in [5.41, 5.74) is 0. The monoisotopic (exact) mass is 242 g/mol. The quantitative estimate of drug-likeness (QED) is 0.692. The molecule has 3 atom stereocenters. The zero-order chi connectivity index (χ0) is 12.7. The topological polar surface area (TPSA) is 24.5 Å². The normalized spacial score (nSPS) is 28.2. The molecule has 1 aliphatic heterocycles. The Kier molecular flexibility index (Phi) is 7.09. The zero-order valence-corrected chi connectivity index (χ0v) is 12.0. The molecule has 0 bridgehead atoms. The molecule has 0 aliphatic carbocycles. The van der Waals surface area contributed by atoms with E-state index in [-0.39, 0.29) is 0 Å². The average molecular weight is 242 g/mol. The van der Waals surface area contributed by atoms with E-state index >= 15 is 0 Å². The van der Waals surface area contributed by atoms with E-state index in [2.05, 4.69) is 31.0 Å². The maximum atomic E-state index is 5.04. The van der Waals surface area contributed by atoms with E-state index in [1.807, 2.05) is 0 Å². The summed E-state index contributed by atoms with van der Waals surface area (Å²) in [6.45, 7) is 11.4. The summed E-state index contributed by atoms with van der Waals surface area (Å²) in [6, 6.07) is 1.40. The maximum absolute atomic E-state index is 5.04. The maximum Gasteiger partial charge on any atom is 0.0474 e. The molecule has 0 aromatic heterocycles. The molecule has 102 valence electrons. The van der Waals surface area contributed by atoms with Gasteiger partial charge in [0.2, 0.25) is 0 Å². The Morgan fingerprint density at radius 2 is 2.18 bits per heavy atom. The molecule has 0 aromatic rings. The molecule has 3 heteroatoms. The van der Waals surface area contributed by atoms with E-state index in [9.17, 15) is 0 Å². The SMILES string of the molecule is COCCCNCC(C)N1CCC(C)CC1C. The first-order valence-corrected chi connectivity index (χ1v) is 7.10. The summed E-state index contributed by atoms with van der Waals surface area (Å²) in [7, 11) is 1.76. The Morgan fingerprint density at radius 3 is 2.82 bits per heavy atom. The lowest BCUT2D eigenvalue weighted by Gasteiger charge is -2.40. The van der Waals surface area contributed by atoms with Crippen molar-refractivity contribution in [3.05, 3.63) is 0 Å². The number of rotatable bonds is 7. The van der Waals surface area contributed by atoms with Crippen LogP contribution in [0.4, 0.5) is 0 Å². The van der Waals surface area contributed by atoms with Gasteiger partial charge in [0.05, 0.1) is 0 Å². The predicted octanol–water partition coefficient (Wildman–Crippen LogP) is 2.12. The van der Waals surface area contributed by atoms with Gasteiger partial charge in [-0.25, -0.2) is 0 Å². The highest BCUT2D eigenvalue weighted by Crippen LogP contribution is 2.23. The lowest BCUT2D eigenvalue weighted by molar-refractivity contribution is 0.0886. The van der Waals surface area contributed by atoms with Gasteiger partial charge in [-0.1, -0.05) is 6.92 Å². The fourth-order valence-electron chi connectivity index (χ4n) is 2.85. The molecule has 0 saturated carbocycles. The van der Waals surface area contributed by atoms with Crippen molar-refractivity contribution in [2.24, 2.45) is 5.92 Å². The highest BCUT2D eigenvalue weighted by Gasteiger charge is 2.25. The minimum atomic E-state index is 0.653. The average Bonchev–Trinajstić information content (AvgIpc) is 2.28. The first kappa shape index (κ1) is 14.9. The fraction of sp³-hybridized carbons (Fsp3) is 1.00. The third-order valence-corrected chi connectivity index (χ3v) is 3.90. The van der Waals surface area contributed by atoms with Crippen LogP contribution in [0.5, 0.6) is 0 Å². The number of hydrogen-bond donors (Lipinski definition) is 1. The van der Waals surface area contributed by atoms with Gasteiger partial charge < -0.3 is 10.1 Å². The summed E-state index contributed by atoms with van der Waals surface area (Å²) in [5, 5.41) is 3.53. The van der Waals surface area contributed by atoms with Crippen LogP contribution in [0.3, 0.4) is 0 Å². The van der Waals surface area contributed by atoms with Crippen LogP contribution < -0.4 is 5.32 Å². The largest absolute Gasteiger partial charge is 0.385 e. The van der Waals surface area contributed by atoms with Crippen LogP contribution >= 0.6 is 0 Å². The molecule has 0 amide bonds. The molecular formula is C14H30N2O. The molecule has 1 saturated heterocycles. The number of piperidine rings is 1. The highest BCUT2D eigenvalue weighted by atomic mass is 16.5. The Hall–Kier alpha value is -0.120. The number of hydrogen-bond acceptors (Lipinski definition) is 3. The second kappa shape index (κ2) is 8.06. The van der Waals surface area contributed by atoms with Gasteiger partial charge in [0.1, 0.15) is 0 Å². The summed E-state index contributed by atoms with van der Waals surface area (Å²) >= 11 is 0. The Labute approximate surface area is 107 Å². The molecule has 0 radical (unpaired) electrons. The van der Waals surface area contributed by atoms with Gasteiger partial charge in [0.25, 0.3) is 0 Å². The van der Waals surface area contributed by atoms with E-state index in [4.69, 9.17) is 4.74 Å². The molecule has 3 nitrogen and oxygen atoms in total. The van der Waals surface area contributed by atoms with Gasteiger partial charge >= 0.3 is 0 Å². The molecule has 17 heavy (non-hydrogen) atoms. The van der Waals surface area contributed by atoms with Gasteiger partial charge in [-0.3, -0.25) is 4.90 Å². The molecule has 1 fully saturated rings. The first-order chi connectivity index (χ1) is 8.15. The van der Waals surface area contributed by atoms with Crippen molar-refractivity contribution in [2.75, 3.05) is 33.4 Å². The van der Waals surface area contributed by atoms with Crippen LogP contribution in [0, 0.1) is 5.92 Å². The van der Waals surface area contributed by atoms with Crippen molar-refractivity contribution < 1.29 is 4.74 Å². The molecule has 3 unspecified atom stereocenters.